The molecule has 3 amide bonds. The first kappa shape index (κ1) is 23.0. The number of fused-ring (bicyclic) bond motifs is 2. The molecule has 1 aromatic heterocycles. The molecular formula is C25H24N4O5S. The molecule has 9 nitrogen and oxygen atoms in total. The van der Waals surface area contributed by atoms with Gasteiger partial charge in [-0.1, -0.05) is 12.1 Å². The van der Waals surface area contributed by atoms with Crippen LogP contribution in [0.25, 0.3) is 10.9 Å². The second-order valence-corrected chi connectivity index (χ2v) is 9.31. The van der Waals surface area contributed by atoms with Gasteiger partial charge in [-0.15, -0.1) is 11.8 Å². The number of aromatic nitrogens is 1. The lowest BCUT2D eigenvalue weighted by atomic mass is 10.0. The van der Waals surface area contributed by atoms with Crippen molar-refractivity contribution < 1.29 is 23.9 Å². The first-order valence-electron chi connectivity index (χ1n) is 11.2. The Morgan fingerprint density at radius 1 is 1.29 bits per heavy atom. The van der Waals surface area contributed by atoms with Gasteiger partial charge in [-0.05, 0) is 42.3 Å². The summed E-state index contributed by atoms with van der Waals surface area (Å²) in [6.07, 6.45) is 1.58. The minimum atomic E-state index is -0.476. The van der Waals surface area contributed by atoms with Gasteiger partial charge >= 0.3 is 6.09 Å². The summed E-state index contributed by atoms with van der Waals surface area (Å²) in [5.74, 6) is 0.858. The number of thioether (sulfide) groups is 1. The number of carbonyl (C=O) groups excluding carboxylic acids is 3. The van der Waals surface area contributed by atoms with E-state index in [9.17, 15) is 14.4 Å². The van der Waals surface area contributed by atoms with Crippen LogP contribution >= 0.6 is 11.8 Å². The molecule has 2 aliphatic heterocycles. The maximum absolute atomic E-state index is 12.5. The Kier molecular flexibility index (Phi) is 6.45. The molecule has 0 unspecified atom stereocenters. The minimum Gasteiger partial charge on any atom is -0.495 e. The highest BCUT2D eigenvalue weighted by atomic mass is 32.2. The fourth-order valence-corrected chi connectivity index (χ4v) is 4.95. The zero-order valence-electron chi connectivity index (χ0n) is 19.1. The molecule has 0 spiro atoms. The minimum absolute atomic E-state index is 0.0665. The molecule has 5 rings (SSSR count). The van der Waals surface area contributed by atoms with Gasteiger partial charge in [0.1, 0.15) is 11.9 Å². The van der Waals surface area contributed by atoms with Gasteiger partial charge in [0.15, 0.2) is 0 Å². The van der Waals surface area contributed by atoms with E-state index < -0.39 is 12.2 Å². The third-order valence-corrected chi connectivity index (χ3v) is 7.03. The first-order chi connectivity index (χ1) is 17.0. The highest BCUT2D eigenvalue weighted by molar-refractivity contribution is 8.00. The molecule has 180 valence electrons. The Balaban J connectivity index is 1.16. The van der Waals surface area contributed by atoms with Crippen LogP contribution in [0.4, 0.5) is 16.2 Å². The van der Waals surface area contributed by atoms with Crippen LogP contribution in [0.2, 0.25) is 0 Å². The summed E-state index contributed by atoms with van der Waals surface area (Å²) in [5, 5.41) is 6.66. The normalized spacial score (nSPS) is 17.1. The molecule has 1 fully saturated rings. The van der Waals surface area contributed by atoms with Crippen molar-refractivity contribution in [3.8, 4) is 5.75 Å². The molecule has 0 saturated carbocycles. The third-order valence-electron chi connectivity index (χ3n) is 5.96. The maximum Gasteiger partial charge on any atom is 0.414 e. The highest BCUT2D eigenvalue weighted by Gasteiger charge is 2.33. The van der Waals surface area contributed by atoms with Crippen molar-refractivity contribution >= 4 is 51.9 Å². The fraction of sp³-hybridized carbons (Fsp3) is 0.280. The zero-order chi connectivity index (χ0) is 24.4. The van der Waals surface area contributed by atoms with Gasteiger partial charge in [-0.25, -0.2) is 4.79 Å². The molecule has 2 aromatic carbocycles. The van der Waals surface area contributed by atoms with Crippen LogP contribution < -0.4 is 20.3 Å². The van der Waals surface area contributed by atoms with E-state index in [2.05, 4.69) is 15.6 Å². The van der Waals surface area contributed by atoms with E-state index in [1.165, 1.54) is 16.7 Å². The summed E-state index contributed by atoms with van der Waals surface area (Å²) in [4.78, 5) is 43.5. The van der Waals surface area contributed by atoms with Crippen LogP contribution in [-0.4, -0.2) is 54.9 Å². The number of cyclic esters (lactones) is 1. The number of amides is 3. The van der Waals surface area contributed by atoms with Gasteiger partial charge in [-0.3, -0.25) is 19.5 Å². The smallest absolute Gasteiger partial charge is 0.414 e. The number of nitrogens with zero attached hydrogens (tertiary/aromatic N) is 2. The van der Waals surface area contributed by atoms with E-state index in [1.807, 2.05) is 36.4 Å². The summed E-state index contributed by atoms with van der Waals surface area (Å²) in [7, 11) is 1.60. The second kappa shape index (κ2) is 9.83. The molecule has 0 radical (unpaired) electrons. The molecule has 0 bridgehead atoms. The Morgan fingerprint density at radius 2 is 2.17 bits per heavy atom. The second-order valence-electron chi connectivity index (χ2n) is 8.30. The summed E-state index contributed by atoms with van der Waals surface area (Å²) in [5.41, 5.74) is 3.20. The van der Waals surface area contributed by atoms with Crippen molar-refractivity contribution in [2.75, 3.05) is 36.2 Å². The number of ether oxygens (including phenoxy) is 2. The van der Waals surface area contributed by atoms with E-state index in [1.54, 1.807) is 19.4 Å². The fourth-order valence-electron chi connectivity index (χ4n) is 4.16. The van der Waals surface area contributed by atoms with Gasteiger partial charge < -0.3 is 20.1 Å². The summed E-state index contributed by atoms with van der Waals surface area (Å²) in [6, 6.07) is 13.2. The highest BCUT2D eigenvalue weighted by Crippen LogP contribution is 2.35. The topological polar surface area (TPSA) is 110 Å². The SMILES string of the molecule is COc1cnc2cccc(CCC(=O)NC[C@@H]3CN(c4ccc5c(c4)NC(=O)CS5)C(=O)O3)c2c1. The third kappa shape index (κ3) is 5.02. The van der Waals surface area contributed by atoms with E-state index in [-0.39, 0.29) is 18.4 Å². The van der Waals surface area contributed by atoms with Gasteiger partial charge in [0.2, 0.25) is 11.8 Å². The number of methoxy groups -OCH3 is 1. The average Bonchev–Trinajstić information content (AvgIpc) is 3.25. The quantitative estimate of drug-likeness (QED) is 0.520. The lowest BCUT2D eigenvalue weighted by Gasteiger charge is -2.20. The Morgan fingerprint density at radius 3 is 3.03 bits per heavy atom. The molecule has 1 saturated heterocycles. The average molecular weight is 493 g/mol. The van der Waals surface area contributed by atoms with E-state index >= 15 is 0 Å². The van der Waals surface area contributed by atoms with E-state index in [0.717, 1.165) is 21.4 Å². The Labute approximate surface area is 206 Å². The summed E-state index contributed by atoms with van der Waals surface area (Å²) < 4.78 is 10.7. The van der Waals surface area contributed by atoms with Gasteiger partial charge in [0.25, 0.3) is 0 Å². The molecule has 3 heterocycles. The number of benzene rings is 2. The number of pyridine rings is 1. The largest absolute Gasteiger partial charge is 0.495 e. The molecule has 35 heavy (non-hydrogen) atoms. The standard InChI is InChI=1S/C25H24N4O5S/c1-33-17-10-19-15(3-2-4-20(19)26-11-17)5-8-23(30)27-12-18-13-29(25(32)34-18)16-6-7-22-21(9-16)28-24(31)14-35-22/h2-4,6-7,9-11,18H,5,8,12-14H2,1H3,(H,27,30)(H,28,31)/t18-/m1/s1. The molecular weight excluding hydrogens is 468 g/mol. The first-order valence-corrected chi connectivity index (χ1v) is 12.2. The monoisotopic (exact) mass is 492 g/mol. The van der Waals surface area contributed by atoms with Gasteiger partial charge in [0.05, 0.1) is 43.4 Å². The predicted molar refractivity (Wildman–Crippen MR) is 133 cm³/mol. The van der Waals surface area contributed by atoms with Crippen molar-refractivity contribution in [2.45, 2.75) is 23.8 Å². The Bertz CT molecular complexity index is 1310. The van der Waals surface area contributed by atoms with Crippen LogP contribution in [0.3, 0.4) is 0 Å². The predicted octanol–water partition coefficient (Wildman–Crippen LogP) is 3.36. The van der Waals surface area contributed by atoms with Crippen molar-refractivity contribution in [3.63, 3.8) is 0 Å². The van der Waals surface area contributed by atoms with Crippen LogP contribution in [0.5, 0.6) is 5.75 Å². The number of anilines is 2. The summed E-state index contributed by atoms with van der Waals surface area (Å²) in [6.45, 7) is 0.539. The molecule has 0 aliphatic carbocycles. The molecule has 10 heteroatoms. The van der Waals surface area contributed by atoms with Crippen LogP contribution in [0, 0.1) is 0 Å². The molecule has 1 atom stereocenters. The molecule has 2 N–H and O–H groups in total. The van der Waals surface area contributed by atoms with Crippen LogP contribution in [-0.2, 0) is 20.7 Å². The van der Waals surface area contributed by atoms with E-state index in [4.69, 9.17) is 9.47 Å². The maximum atomic E-state index is 12.5. The summed E-state index contributed by atoms with van der Waals surface area (Å²) >= 11 is 1.46. The van der Waals surface area contributed by atoms with Crippen molar-refractivity contribution in [2.24, 2.45) is 0 Å². The van der Waals surface area contributed by atoms with Gasteiger partial charge in [-0.2, -0.15) is 0 Å². The van der Waals surface area contributed by atoms with Gasteiger partial charge in [0, 0.05) is 22.4 Å². The van der Waals surface area contributed by atoms with E-state index in [0.29, 0.717) is 42.3 Å². The number of aryl methyl sites for hydroxylation is 1. The number of hydrogen-bond donors (Lipinski definition) is 2. The lowest BCUT2D eigenvalue weighted by molar-refractivity contribution is -0.121. The molecule has 3 aromatic rings. The van der Waals surface area contributed by atoms with Crippen molar-refractivity contribution in [1.82, 2.24) is 10.3 Å². The number of carbonyl (C=O) groups is 3. The Hall–Kier alpha value is -3.79. The van der Waals surface area contributed by atoms with Crippen LogP contribution in [0.15, 0.2) is 53.6 Å². The number of nitrogens with one attached hydrogen (secondary N) is 2. The van der Waals surface area contributed by atoms with Crippen molar-refractivity contribution in [3.05, 3.63) is 54.2 Å². The van der Waals surface area contributed by atoms with Crippen LogP contribution in [0.1, 0.15) is 12.0 Å². The number of hydrogen-bond acceptors (Lipinski definition) is 7. The van der Waals surface area contributed by atoms with Crippen molar-refractivity contribution in [1.29, 1.82) is 0 Å². The molecule has 2 aliphatic rings. The lowest BCUT2D eigenvalue weighted by Crippen LogP contribution is -2.34. The number of rotatable bonds is 7. The zero-order valence-corrected chi connectivity index (χ0v) is 19.9.